The number of thioether (sulfide) groups is 1. The molecule has 0 aliphatic carbocycles. The van der Waals surface area contributed by atoms with E-state index in [1.807, 2.05) is 24.5 Å². The first-order valence-electron chi connectivity index (χ1n) is 9.05. The van der Waals surface area contributed by atoms with Crippen molar-refractivity contribution in [1.29, 1.82) is 0 Å². The Kier molecular flexibility index (Phi) is 9.19. The predicted molar refractivity (Wildman–Crippen MR) is 118 cm³/mol. The third-order valence-corrected chi connectivity index (χ3v) is 4.74. The van der Waals surface area contributed by atoms with Gasteiger partial charge < -0.3 is 20.1 Å². The number of rotatable bonds is 9. The average Bonchev–Trinajstić information content (AvgIpc) is 2.73. The predicted octanol–water partition coefficient (Wildman–Crippen LogP) is 3.57. The number of benzene rings is 2. The van der Waals surface area contributed by atoms with Crippen LogP contribution in [0.5, 0.6) is 11.5 Å². The number of guanidine groups is 1. The maximum atomic E-state index is 13.5. The lowest BCUT2D eigenvalue weighted by Gasteiger charge is -2.15. The van der Waals surface area contributed by atoms with Gasteiger partial charge in [0, 0.05) is 25.9 Å². The first-order valence-corrected chi connectivity index (χ1v) is 10.4. The molecule has 2 aromatic rings. The van der Waals surface area contributed by atoms with E-state index >= 15 is 0 Å². The van der Waals surface area contributed by atoms with Gasteiger partial charge in [0.05, 0.1) is 7.11 Å². The van der Waals surface area contributed by atoms with Crippen molar-refractivity contribution in [2.24, 2.45) is 4.99 Å². The molecule has 0 amide bonds. The summed E-state index contributed by atoms with van der Waals surface area (Å²) in [5, 5.41) is 6.53. The minimum Gasteiger partial charge on any atom is -0.493 e. The molecule has 0 atom stereocenters. The molecule has 5 nitrogen and oxygen atoms in total. The summed E-state index contributed by atoms with van der Waals surface area (Å²) in [6.45, 7) is 1.26. The lowest BCUT2D eigenvalue weighted by molar-refractivity contribution is 0.330. The summed E-state index contributed by atoms with van der Waals surface area (Å²) in [4.78, 5) is 4.25. The van der Waals surface area contributed by atoms with Crippen molar-refractivity contribution >= 4 is 17.7 Å². The topological polar surface area (TPSA) is 54.9 Å². The van der Waals surface area contributed by atoms with Crippen molar-refractivity contribution in [3.05, 3.63) is 58.9 Å². The molecule has 0 radical (unpaired) electrons. The van der Waals surface area contributed by atoms with Gasteiger partial charge in [0.25, 0.3) is 0 Å². The molecule has 29 heavy (non-hydrogen) atoms. The maximum Gasteiger partial charge on any atom is 0.191 e. The van der Waals surface area contributed by atoms with E-state index in [1.165, 1.54) is 6.07 Å². The molecule has 2 aromatic carbocycles. The smallest absolute Gasteiger partial charge is 0.191 e. The van der Waals surface area contributed by atoms with Crippen LogP contribution in [0.4, 0.5) is 4.39 Å². The second-order valence-corrected chi connectivity index (χ2v) is 6.97. The van der Waals surface area contributed by atoms with Gasteiger partial charge >= 0.3 is 0 Å². The van der Waals surface area contributed by atoms with E-state index in [0.717, 1.165) is 22.4 Å². The molecule has 0 bridgehead atoms. The van der Waals surface area contributed by atoms with E-state index < -0.39 is 0 Å². The molecule has 0 heterocycles. The number of hydrogen-bond donors (Lipinski definition) is 2. The van der Waals surface area contributed by atoms with Crippen molar-refractivity contribution in [3.63, 3.8) is 0 Å². The van der Waals surface area contributed by atoms with E-state index in [0.29, 0.717) is 30.5 Å². The zero-order valence-electron chi connectivity index (χ0n) is 16.9. The van der Waals surface area contributed by atoms with Crippen molar-refractivity contribution in [1.82, 2.24) is 10.6 Å². The Morgan fingerprint density at radius 3 is 2.62 bits per heavy atom. The fourth-order valence-corrected chi connectivity index (χ4v) is 3.29. The van der Waals surface area contributed by atoms with Gasteiger partial charge in [-0.15, -0.1) is 6.42 Å². The van der Waals surface area contributed by atoms with Crippen molar-refractivity contribution in [3.8, 4) is 23.8 Å². The normalized spacial score (nSPS) is 10.9. The molecule has 2 N–H and O–H groups in total. The SMILES string of the molecule is C#CCOc1cc(CNC(=NC)NCc2ccc(F)cc2CSC)ccc1OC. The summed E-state index contributed by atoms with van der Waals surface area (Å²) in [6.07, 6.45) is 7.27. The standard InChI is InChI=1S/C22H26FN3O2S/c1-5-10-28-21-11-16(6-9-20(21)27-3)13-25-22(24-2)26-14-17-7-8-19(23)12-18(17)15-29-4/h1,6-9,11-12H,10,13-15H2,2-4H3,(H2,24,25,26). The third-order valence-electron chi connectivity index (χ3n) is 4.14. The average molecular weight is 416 g/mol. The van der Waals surface area contributed by atoms with Gasteiger partial charge in [0.1, 0.15) is 12.4 Å². The number of nitrogens with zero attached hydrogens (tertiary/aromatic N) is 1. The molecule has 0 aliphatic rings. The number of aliphatic imine (C=N–C) groups is 1. The van der Waals surface area contributed by atoms with Crippen LogP contribution in [0.25, 0.3) is 0 Å². The molecule has 0 saturated carbocycles. The highest BCUT2D eigenvalue weighted by atomic mass is 32.2. The molecule has 0 aromatic heterocycles. The van der Waals surface area contributed by atoms with E-state index in [1.54, 1.807) is 38.1 Å². The summed E-state index contributed by atoms with van der Waals surface area (Å²) in [5.41, 5.74) is 3.01. The van der Waals surface area contributed by atoms with Crippen LogP contribution in [0.3, 0.4) is 0 Å². The van der Waals surface area contributed by atoms with Crippen LogP contribution in [0.1, 0.15) is 16.7 Å². The van der Waals surface area contributed by atoms with Crippen LogP contribution in [0.15, 0.2) is 41.4 Å². The number of terminal acetylenes is 1. The first kappa shape index (κ1) is 22.4. The third kappa shape index (κ3) is 6.91. The maximum absolute atomic E-state index is 13.5. The Morgan fingerprint density at radius 2 is 1.93 bits per heavy atom. The van der Waals surface area contributed by atoms with Crippen LogP contribution >= 0.6 is 11.8 Å². The summed E-state index contributed by atoms with van der Waals surface area (Å²) < 4.78 is 24.3. The Balaban J connectivity index is 1.98. The van der Waals surface area contributed by atoms with Crippen LogP contribution in [0.2, 0.25) is 0 Å². The Bertz CT molecular complexity index is 881. The second kappa shape index (κ2) is 11.9. The summed E-state index contributed by atoms with van der Waals surface area (Å²) in [5.74, 6) is 4.86. The van der Waals surface area contributed by atoms with E-state index in [2.05, 4.69) is 21.5 Å². The Hall–Kier alpha value is -2.85. The highest BCUT2D eigenvalue weighted by molar-refractivity contribution is 7.97. The summed E-state index contributed by atoms with van der Waals surface area (Å²) >= 11 is 1.66. The number of ether oxygens (including phenoxy) is 2. The lowest BCUT2D eigenvalue weighted by atomic mass is 10.1. The molecular formula is C22H26FN3O2S. The molecule has 0 aliphatic heterocycles. The molecule has 0 fully saturated rings. The van der Waals surface area contributed by atoms with Gasteiger partial charge in [0.15, 0.2) is 17.5 Å². The Labute approximate surface area is 176 Å². The van der Waals surface area contributed by atoms with Crippen molar-refractivity contribution < 1.29 is 13.9 Å². The van der Waals surface area contributed by atoms with E-state index in [9.17, 15) is 4.39 Å². The van der Waals surface area contributed by atoms with Crippen LogP contribution in [-0.2, 0) is 18.8 Å². The van der Waals surface area contributed by atoms with Gasteiger partial charge in [-0.1, -0.05) is 18.1 Å². The highest BCUT2D eigenvalue weighted by Gasteiger charge is 2.08. The van der Waals surface area contributed by atoms with Crippen molar-refractivity contribution in [2.75, 3.05) is 27.0 Å². The minimum absolute atomic E-state index is 0.173. The zero-order valence-corrected chi connectivity index (χ0v) is 17.7. The molecular weight excluding hydrogens is 389 g/mol. The minimum atomic E-state index is -0.220. The number of methoxy groups -OCH3 is 1. The molecule has 154 valence electrons. The fraction of sp³-hybridized carbons (Fsp3) is 0.318. The van der Waals surface area contributed by atoms with Crippen molar-refractivity contribution in [2.45, 2.75) is 18.8 Å². The molecule has 0 saturated heterocycles. The number of halogens is 1. The number of hydrogen-bond acceptors (Lipinski definition) is 4. The van der Waals surface area contributed by atoms with Gasteiger partial charge in [-0.05, 0) is 47.2 Å². The van der Waals surface area contributed by atoms with Crippen LogP contribution in [0, 0.1) is 18.2 Å². The number of nitrogens with one attached hydrogen (secondary N) is 2. The Morgan fingerprint density at radius 1 is 1.14 bits per heavy atom. The molecule has 0 spiro atoms. The molecule has 2 rings (SSSR count). The van der Waals surface area contributed by atoms with E-state index in [-0.39, 0.29) is 12.4 Å². The molecule has 0 unspecified atom stereocenters. The zero-order chi connectivity index (χ0) is 21.1. The largest absolute Gasteiger partial charge is 0.493 e. The van der Waals surface area contributed by atoms with Gasteiger partial charge in [0.2, 0.25) is 0 Å². The lowest BCUT2D eigenvalue weighted by Crippen LogP contribution is -2.36. The summed E-state index contributed by atoms with van der Waals surface area (Å²) in [6, 6.07) is 10.5. The summed E-state index contributed by atoms with van der Waals surface area (Å²) in [7, 11) is 3.29. The van der Waals surface area contributed by atoms with Gasteiger partial charge in [-0.2, -0.15) is 11.8 Å². The van der Waals surface area contributed by atoms with Crippen LogP contribution < -0.4 is 20.1 Å². The second-order valence-electron chi connectivity index (χ2n) is 6.10. The molecule has 7 heteroatoms. The fourth-order valence-electron chi connectivity index (χ4n) is 2.71. The van der Waals surface area contributed by atoms with Gasteiger partial charge in [-0.3, -0.25) is 4.99 Å². The van der Waals surface area contributed by atoms with Gasteiger partial charge in [-0.25, -0.2) is 4.39 Å². The highest BCUT2D eigenvalue weighted by Crippen LogP contribution is 2.28. The first-order chi connectivity index (χ1) is 14.1. The van der Waals surface area contributed by atoms with E-state index in [4.69, 9.17) is 15.9 Å². The van der Waals surface area contributed by atoms with Crippen LogP contribution in [-0.4, -0.2) is 33.0 Å². The quantitative estimate of drug-likeness (QED) is 0.373. The monoisotopic (exact) mass is 415 g/mol.